The van der Waals surface area contributed by atoms with Crippen molar-refractivity contribution in [1.29, 1.82) is 0 Å². The predicted molar refractivity (Wildman–Crippen MR) is 72.6 cm³/mol. The second kappa shape index (κ2) is 6.01. The van der Waals surface area contributed by atoms with Crippen LogP contribution in [-0.2, 0) is 16.6 Å². The van der Waals surface area contributed by atoms with Crippen LogP contribution >= 0.6 is 0 Å². The molecule has 0 heterocycles. The zero-order valence-electron chi connectivity index (χ0n) is 10.9. The van der Waals surface area contributed by atoms with Gasteiger partial charge in [0.2, 0.25) is 10.0 Å². The summed E-state index contributed by atoms with van der Waals surface area (Å²) in [6.07, 6.45) is 5.15. The van der Waals surface area contributed by atoms with Gasteiger partial charge in [0.1, 0.15) is 0 Å². The average molecular weight is 266 g/mol. The Kier molecular flexibility index (Phi) is 4.91. The molecule has 5 heteroatoms. The number of nitrogens with one attached hydrogen (secondary N) is 1. The van der Waals surface area contributed by atoms with E-state index >= 15 is 0 Å². The van der Waals surface area contributed by atoms with Crippen molar-refractivity contribution in [2.24, 2.45) is 0 Å². The highest BCUT2D eigenvalue weighted by atomic mass is 32.2. The van der Waals surface area contributed by atoms with Crippen LogP contribution < -0.4 is 5.32 Å². The summed E-state index contributed by atoms with van der Waals surface area (Å²) >= 11 is 0. The van der Waals surface area contributed by atoms with Gasteiger partial charge in [-0.05, 0) is 31.2 Å². The Labute approximate surface area is 109 Å². The number of terminal acetylenes is 1. The van der Waals surface area contributed by atoms with Gasteiger partial charge >= 0.3 is 0 Å². The Morgan fingerprint density at radius 1 is 1.44 bits per heavy atom. The van der Waals surface area contributed by atoms with Crippen molar-refractivity contribution in [2.45, 2.75) is 18.4 Å². The maximum Gasteiger partial charge on any atom is 0.243 e. The Balaban J connectivity index is 3.26. The van der Waals surface area contributed by atoms with E-state index in [1.807, 2.05) is 20.0 Å². The molecule has 98 valence electrons. The van der Waals surface area contributed by atoms with Crippen LogP contribution in [0.2, 0.25) is 0 Å². The SMILES string of the molecule is C#CCN(C)S(=O)(=O)c1cccc(CNC)c1C. The van der Waals surface area contributed by atoms with E-state index in [1.54, 1.807) is 12.1 Å². The molecule has 0 aliphatic rings. The van der Waals surface area contributed by atoms with Gasteiger partial charge in [-0.1, -0.05) is 18.1 Å². The van der Waals surface area contributed by atoms with Crippen molar-refractivity contribution in [2.75, 3.05) is 20.6 Å². The Morgan fingerprint density at radius 2 is 2.11 bits per heavy atom. The second-order valence-corrected chi connectivity index (χ2v) is 6.05. The topological polar surface area (TPSA) is 49.4 Å². The van der Waals surface area contributed by atoms with Gasteiger partial charge in [-0.2, -0.15) is 4.31 Å². The van der Waals surface area contributed by atoms with E-state index in [2.05, 4.69) is 11.2 Å². The summed E-state index contributed by atoms with van der Waals surface area (Å²) in [4.78, 5) is 0.313. The van der Waals surface area contributed by atoms with E-state index in [9.17, 15) is 8.42 Å². The number of rotatable bonds is 5. The van der Waals surface area contributed by atoms with Crippen molar-refractivity contribution < 1.29 is 8.42 Å². The monoisotopic (exact) mass is 266 g/mol. The molecule has 1 N–H and O–H groups in total. The molecule has 0 atom stereocenters. The predicted octanol–water partition coefficient (Wildman–Crippen LogP) is 0.968. The normalized spacial score (nSPS) is 11.5. The summed E-state index contributed by atoms with van der Waals surface area (Å²) < 4.78 is 25.8. The molecule has 0 bridgehead atoms. The minimum absolute atomic E-state index is 0.0675. The Hall–Kier alpha value is -1.35. The molecule has 0 radical (unpaired) electrons. The van der Waals surface area contributed by atoms with Crippen molar-refractivity contribution in [1.82, 2.24) is 9.62 Å². The van der Waals surface area contributed by atoms with Crippen molar-refractivity contribution in [3.8, 4) is 12.3 Å². The van der Waals surface area contributed by atoms with E-state index < -0.39 is 10.0 Å². The lowest BCUT2D eigenvalue weighted by Crippen LogP contribution is -2.28. The number of nitrogens with zero attached hydrogens (tertiary/aromatic N) is 1. The molecule has 1 aromatic carbocycles. The minimum Gasteiger partial charge on any atom is -0.316 e. The highest BCUT2D eigenvalue weighted by molar-refractivity contribution is 7.89. The van der Waals surface area contributed by atoms with Gasteiger partial charge < -0.3 is 5.32 Å². The minimum atomic E-state index is -3.51. The van der Waals surface area contributed by atoms with E-state index in [1.165, 1.54) is 11.4 Å². The fraction of sp³-hybridized carbons (Fsp3) is 0.385. The Bertz CT molecular complexity index is 559. The quantitative estimate of drug-likeness (QED) is 0.808. The van der Waals surface area contributed by atoms with Crippen LogP contribution in [0.5, 0.6) is 0 Å². The first-order valence-electron chi connectivity index (χ1n) is 5.58. The summed E-state index contributed by atoms with van der Waals surface area (Å²) in [6, 6.07) is 5.26. The second-order valence-electron chi connectivity index (χ2n) is 4.04. The largest absolute Gasteiger partial charge is 0.316 e. The molecule has 4 nitrogen and oxygen atoms in total. The van der Waals surface area contributed by atoms with Gasteiger partial charge in [0, 0.05) is 13.6 Å². The van der Waals surface area contributed by atoms with Gasteiger partial charge in [0.15, 0.2) is 0 Å². The molecule has 1 aromatic rings. The third-order valence-electron chi connectivity index (χ3n) is 2.77. The molecule has 0 amide bonds. The first-order valence-corrected chi connectivity index (χ1v) is 7.02. The molecule has 0 aromatic heterocycles. The third kappa shape index (κ3) is 2.91. The standard InChI is InChI=1S/C13H18N2O2S/c1-5-9-15(4)18(16,17)13-8-6-7-12(10-14-3)11(13)2/h1,6-8,14H,9-10H2,2-4H3. The molecule has 0 unspecified atom stereocenters. The van der Waals surface area contributed by atoms with Gasteiger partial charge in [-0.3, -0.25) is 0 Å². The van der Waals surface area contributed by atoms with Crippen molar-refractivity contribution in [3.05, 3.63) is 29.3 Å². The van der Waals surface area contributed by atoms with Gasteiger partial charge in [-0.25, -0.2) is 8.42 Å². The van der Waals surface area contributed by atoms with E-state index in [0.717, 1.165) is 11.1 Å². The average Bonchev–Trinajstić information content (AvgIpc) is 2.32. The highest BCUT2D eigenvalue weighted by Gasteiger charge is 2.22. The van der Waals surface area contributed by atoms with Gasteiger partial charge in [0.05, 0.1) is 11.4 Å². The third-order valence-corrected chi connectivity index (χ3v) is 4.71. The van der Waals surface area contributed by atoms with Gasteiger partial charge in [0.25, 0.3) is 0 Å². The summed E-state index contributed by atoms with van der Waals surface area (Å²) in [5, 5.41) is 3.02. The summed E-state index contributed by atoms with van der Waals surface area (Å²) in [7, 11) is -0.200. The lowest BCUT2D eigenvalue weighted by molar-refractivity contribution is 0.502. The van der Waals surface area contributed by atoms with Crippen LogP contribution in [0.3, 0.4) is 0 Å². The summed E-state index contributed by atoms with van der Waals surface area (Å²) in [6.45, 7) is 2.51. The first-order chi connectivity index (χ1) is 8.45. The lowest BCUT2D eigenvalue weighted by Gasteiger charge is -2.17. The number of sulfonamides is 1. The molecule has 0 aliphatic heterocycles. The number of hydrogen-bond donors (Lipinski definition) is 1. The fourth-order valence-corrected chi connectivity index (χ4v) is 3.05. The molecule has 0 aliphatic carbocycles. The highest BCUT2D eigenvalue weighted by Crippen LogP contribution is 2.21. The molecular formula is C13H18N2O2S. The number of hydrogen-bond acceptors (Lipinski definition) is 3. The van der Waals surface area contributed by atoms with E-state index in [-0.39, 0.29) is 6.54 Å². The maximum atomic E-state index is 12.3. The van der Waals surface area contributed by atoms with Crippen LogP contribution in [0.25, 0.3) is 0 Å². The molecule has 0 spiro atoms. The van der Waals surface area contributed by atoms with Crippen molar-refractivity contribution >= 4 is 10.0 Å². The lowest BCUT2D eigenvalue weighted by atomic mass is 10.1. The van der Waals surface area contributed by atoms with Crippen LogP contribution in [0.15, 0.2) is 23.1 Å². The zero-order valence-corrected chi connectivity index (χ0v) is 11.7. The first kappa shape index (κ1) is 14.7. The summed E-state index contributed by atoms with van der Waals surface area (Å²) in [5.74, 6) is 2.34. The van der Waals surface area contributed by atoms with E-state index in [4.69, 9.17) is 6.42 Å². The Morgan fingerprint density at radius 3 is 2.67 bits per heavy atom. The van der Waals surface area contributed by atoms with Gasteiger partial charge in [-0.15, -0.1) is 6.42 Å². The van der Waals surface area contributed by atoms with Crippen LogP contribution in [0.4, 0.5) is 0 Å². The van der Waals surface area contributed by atoms with E-state index in [0.29, 0.717) is 11.4 Å². The van der Waals surface area contributed by atoms with Crippen LogP contribution in [-0.4, -0.2) is 33.4 Å². The molecule has 0 fully saturated rings. The molecule has 0 saturated heterocycles. The smallest absolute Gasteiger partial charge is 0.243 e. The fourth-order valence-electron chi connectivity index (χ4n) is 1.70. The molecule has 1 rings (SSSR count). The maximum absolute atomic E-state index is 12.3. The molecular weight excluding hydrogens is 248 g/mol. The summed E-state index contributed by atoms with van der Waals surface area (Å²) in [5.41, 5.74) is 1.73. The molecule has 0 saturated carbocycles. The number of benzene rings is 1. The van der Waals surface area contributed by atoms with Crippen molar-refractivity contribution in [3.63, 3.8) is 0 Å². The molecule has 18 heavy (non-hydrogen) atoms. The zero-order chi connectivity index (χ0) is 13.8. The van der Waals surface area contributed by atoms with Crippen LogP contribution in [0, 0.1) is 19.3 Å². The van der Waals surface area contributed by atoms with Crippen LogP contribution in [0.1, 0.15) is 11.1 Å².